The molecule has 0 aromatic carbocycles. The molecule has 0 amide bonds. The Morgan fingerprint density at radius 3 is 2.89 bits per heavy atom. The van der Waals surface area contributed by atoms with Gasteiger partial charge < -0.3 is 5.11 Å². The van der Waals surface area contributed by atoms with Crippen LogP contribution in [0, 0.1) is 5.92 Å². The second kappa shape index (κ2) is 3.47. The Hall–Kier alpha value is 0.310. The van der Waals surface area contributed by atoms with Crippen LogP contribution in [0.25, 0.3) is 0 Å². The zero-order valence-corrected chi connectivity index (χ0v) is 6.66. The third kappa shape index (κ3) is 1.87. The van der Waals surface area contributed by atoms with Crippen molar-refractivity contribution >= 4 is 11.8 Å². The molecule has 0 bridgehead atoms. The molecule has 54 valence electrons. The molecule has 0 aliphatic carbocycles. The van der Waals surface area contributed by atoms with Crippen molar-refractivity contribution in [3.8, 4) is 0 Å². The number of hydrogen-bond donors (Lipinski definition) is 1. The summed E-state index contributed by atoms with van der Waals surface area (Å²) in [6.07, 6.45) is 2.13. The smallest absolute Gasteiger partial charge is 0.0584 e. The van der Waals surface area contributed by atoms with Crippen LogP contribution in [-0.4, -0.2) is 22.7 Å². The second-order valence-corrected chi connectivity index (χ2v) is 3.75. The lowest BCUT2D eigenvalue weighted by molar-refractivity contribution is 0.110. The van der Waals surface area contributed by atoms with Gasteiger partial charge >= 0.3 is 0 Å². The van der Waals surface area contributed by atoms with Crippen LogP contribution >= 0.6 is 11.8 Å². The van der Waals surface area contributed by atoms with Crippen LogP contribution in [-0.2, 0) is 0 Å². The molecule has 0 aromatic rings. The fourth-order valence-electron chi connectivity index (χ4n) is 1.18. The molecule has 0 aromatic heterocycles. The molecule has 1 aliphatic rings. The van der Waals surface area contributed by atoms with Gasteiger partial charge in [-0.3, -0.25) is 0 Å². The molecular weight excluding hydrogens is 132 g/mol. The highest BCUT2D eigenvalue weighted by Gasteiger charge is 2.20. The number of hydrogen-bond acceptors (Lipinski definition) is 2. The van der Waals surface area contributed by atoms with Crippen molar-refractivity contribution in [3.63, 3.8) is 0 Å². The predicted molar refractivity (Wildman–Crippen MR) is 41.7 cm³/mol. The van der Waals surface area contributed by atoms with E-state index < -0.39 is 0 Å². The first-order chi connectivity index (χ1) is 4.34. The summed E-state index contributed by atoms with van der Waals surface area (Å²) in [5.41, 5.74) is 0. The van der Waals surface area contributed by atoms with Crippen molar-refractivity contribution in [1.82, 2.24) is 0 Å². The number of aliphatic hydroxyl groups is 1. The quantitative estimate of drug-likeness (QED) is 0.605. The van der Waals surface area contributed by atoms with Gasteiger partial charge in [0.05, 0.1) is 6.10 Å². The van der Waals surface area contributed by atoms with E-state index in [0.717, 1.165) is 24.3 Å². The van der Waals surface area contributed by atoms with Crippen LogP contribution in [0.5, 0.6) is 0 Å². The van der Waals surface area contributed by atoms with E-state index in [1.807, 2.05) is 11.8 Å². The Balaban J connectivity index is 2.30. The maximum Gasteiger partial charge on any atom is 0.0584 e. The van der Waals surface area contributed by atoms with E-state index in [9.17, 15) is 5.11 Å². The van der Waals surface area contributed by atoms with Crippen molar-refractivity contribution in [3.05, 3.63) is 0 Å². The average Bonchev–Trinajstić information content (AvgIpc) is 1.89. The summed E-state index contributed by atoms with van der Waals surface area (Å²) in [5.74, 6) is 2.89. The summed E-state index contributed by atoms with van der Waals surface area (Å²) in [6.45, 7) is 2.15. The van der Waals surface area contributed by atoms with Crippen molar-refractivity contribution in [2.45, 2.75) is 25.9 Å². The molecule has 9 heavy (non-hydrogen) atoms. The molecule has 1 aliphatic heterocycles. The minimum absolute atomic E-state index is 0.00347. The fraction of sp³-hybridized carbons (Fsp3) is 1.00. The Kier molecular flexibility index (Phi) is 2.86. The van der Waals surface area contributed by atoms with Gasteiger partial charge in [0.1, 0.15) is 0 Å². The normalized spacial score (nSPS) is 36.7. The van der Waals surface area contributed by atoms with Crippen LogP contribution in [0.4, 0.5) is 0 Å². The number of thioether (sulfide) groups is 1. The largest absolute Gasteiger partial charge is 0.393 e. The van der Waals surface area contributed by atoms with Crippen LogP contribution < -0.4 is 0 Å². The minimum atomic E-state index is -0.00347. The van der Waals surface area contributed by atoms with Gasteiger partial charge in [-0.2, -0.15) is 11.8 Å². The van der Waals surface area contributed by atoms with Crippen LogP contribution in [0.3, 0.4) is 0 Å². The molecule has 0 spiro atoms. The van der Waals surface area contributed by atoms with Crippen LogP contribution in [0.2, 0.25) is 0 Å². The first kappa shape index (κ1) is 7.42. The van der Waals surface area contributed by atoms with E-state index in [2.05, 4.69) is 6.92 Å². The molecule has 1 rings (SSSR count). The summed E-state index contributed by atoms with van der Waals surface area (Å²) in [5, 5.41) is 9.36. The van der Waals surface area contributed by atoms with Crippen molar-refractivity contribution in [2.75, 3.05) is 11.5 Å². The highest BCUT2D eigenvalue weighted by Crippen LogP contribution is 2.24. The number of rotatable bonds is 1. The highest BCUT2D eigenvalue weighted by atomic mass is 32.2. The van der Waals surface area contributed by atoms with Gasteiger partial charge in [0.15, 0.2) is 0 Å². The fourth-order valence-corrected chi connectivity index (χ4v) is 2.51. The first-order valence-corrected chi connectivity index (χ1v) is 4.76. The van der Waals surface area contributed by atoms with Gasteiger partial charge in [-0.25, -0.2) is 0 Å². The molecular formula is C7H14OS. The van der Waals surface area contributed by atoms with Crippen LogP contribution in [0.1, 0.15) is 19.8 Å². The molecule has 2 atom stereocenters. The lowest BCUT2D eigenvalue weighted by atomic mass is 9.99. The van der Waals surface area contributed by atoms with E-state index in [4.69, 9.17) is 0 Å². The van der Waals surface area contributed by atoms with E-state index in [-0.39, 0.29) is 6.10 Å². The van der Waals surface area contributed by atoms with Gasteiger partial charge in [-0.1, -0.05) is 13.3 Å². The maximum absolute atomic E-state index is 9.36. The standard InChI is InChI=1S/C7H14OS/c1-2-6-5-9-4-3-7(6)8/h6-8H,2-5H2,1H3. The van der Waals surface area contributed by atoms with E-state index >= 15 is 0 Å². The lowest BCUT2D eigenvalue weighted by Gasteiger charge is -2.25. The van der Waals surface area contributed by atoms with E-state index in [0.29, 0.717) is 5.92 Å². The minimum Gasteiger partial charge on any atom is -0.393 e. The zero-order valence-electron chi connectivity index (χ0n) is 5.84. The highest BCUT2D eigenvalue weighted by molar-refractivity contribution is 7.99. The summed E-state index contributed by atoms with van der Waals surface area (Å²) in [6, 6.07) is 0. The SMILES string of the molecule is CCC1CSCCC1O. The Morgan fingerprint density at radius 2 is 2.44 bits per heavy atom. The van der Waals surface area contributed by atoms with Crippen molar-refractivity contribution < 1.29 is 5.11 Å². The van der Waals surface area contributed by atoms with Gasteiger partial charge in [-0.05, 0) is 23.8 Å². The predicted octanol–water partition coefficient (Wildman–Crippen LogP) is 1.51. The van der Waals surface area contributed by atoms with Gasteiger partial charge in [0.25, 0.3) is 0 Å². The number of aliphatic hydroxyl groups excluding tert-OH is 1. The van der Waals surface area contributed by atoms with Crippen LogP contribution in [0.15, 0.2) is 0 Å². The van der Waals surface area contributed by atoms with E-state index in [1.54, 1.807) is 0 Å². The van der Waals surface area contributed by atoms with Gasteiger partial charge in [0, 0.05) is 0 Å². The molecule has 1 saturated heterocycles. The second-order valence-electron chi connectivity index (χ2n) is 2.60. The van der Waals surface area contributed by atoms with Crippen molar-refractivity contribution in [1.29, 1.82) is 0 Å². The molecule has 1 heterocycles. The Labute approximate surface area is 60.8 Å². The summed E-state index contributed by atoms with van der Waals surface area (Å²) in [7, 11) is 0. The topological polar surface area (TPSA) is 20.2 Å². The van der Waals surface area contributed by atoms with Gasteiger partial charge in [-0.15, -0.1) is 0 Å². The molecule has 2 unspecified atom stereocenters. The van der Waals surface area contributed by atoms with E-state index in [1.165, 1.54) is 0 Å². The Bertz CT molecular complexity index is 85.0. The van der Waals surface area contributed by atoms with Gasteiger partial charge in [0.2, 0.25) is 0 Å². The Morgan fingerprint density at radius 1 is 1.67 bits per heavy atom. The molecule has 0 saturated carbocycles. The maximum atomic E-state index is 9.36. The third-order valence-electron chi connectivity index (χ3n) is 1.96. The molecule has 1 nitrogen and oxygen atoms in total. The third-order valence-corrected chi connectivity index (χ3v) is 3.15. The lowest BCUT2D eigenvalue weighted by Crippen LogP contribution is -2.26. The zero-order chi connectivity index (χ0) is 6.69. The molecule has 1 fully saturated rings. The van der Waals surface area contributed by atoms with Crippen molar-refractivity contribution in [2.24, 2.45) is 5.92 Å². The summed E-state index contributed by atoms with van der Waals surface area (Å²) < 4.78 is 0. The molecule has 2 heteroatoms. The average molecular weight is 146 g/mol. The monoisotopic (exact) mass is 146 g/mol. The first-order valence-electron chi connectivity index (χ1n) is 3.60. The molecule has 0 radical (unpaired) electrons. The summed E-state index contributed by atoms with van der Waals surface area (Å²) in [4.78, 5) is 0. The molecule has 1 N–H and O–H groups in total. The summed E-state index contributed by atoms with van der Waals surface area (Å²) >= 11 is 1.97.